The summed E-state index contributed by atoms with van der Waals surface area (Å²) in [5.41, 5.74) is 1.13. The summed E-state index contributed by atoms with van der Waals surface area (Å²) >= 11 is 0. The summed E-state index contributed by atoms with van der Waals surface area (Å²) in [4.78, 5) is 13.5. The lowest BCUT2D eigenvalue weighted by atomic mass is 10.1. The highest BCUT2D eigenvalue weighted by Gasteiger charge is 2.13. The molecule has 5 heteroatoms. The fraction of sp³-hybridized carbons (Fsp3) is 0.533. The molecule has 5 nitrogen and oxygen atoms in total. The van der Waals surface area contributed by atoms with Crippen molar-refractivity contribution in [2.75, 3.05) is 19.7 Å². The van der Waals surface area contributed by atoms with Gasteiger partial charge in [0.15, 0.2) is 0 Å². The average Bonchev–Trinajstić information content (AvgIpc) is 2.44. The predicted octanol–water partition coefficient (Wildman–Crippen LogP) is 1.74. The first-order valence-corrected chi connectivity index (χ1v) is 7.01. The molecule has 0 aliphatic carbocycles. The summed E-state index contributed by atoms with van der Waals surface area (Å²) in [6.45, 7) is 4.76. The standard InChI is InChI=1S/C15H24N2O3/c1-3-17(10-11-18)15(20)16-12(2)4-5-13-6-8-14(19)9-7-13/h6-9,12,18-19H,3-5,10-11H2,1-2H3,(H,16,20). The van der Waals surface area contributed by atoms with Gasteiger partial charge in [-0.1, -0.05) is 12.1 Å². The van der Waals surface area contributed by atoms with Gasteiger partial charge in [0.2, 0.25) is 0 Å². The maximum Gasteiger partial charge on any atom is 0.317 e. The third-order valence-corrected chi connectivity index (χ3v) is 3.21. The minimum atomic E-state index is -0.139. The number of aliphatic hydroxyl groups excluding tert-OH is 1. The van der Waals surface area contributed by atoms with E-state index in [1.807, 2.05) is 26.0 Å². The first-order chi connectivity index (χ1) is 9.56. The van der Waals surface area contributed by atoms with Gasteiger partial charge in [-0.3, -0.25) is 0 Å². The lowest BCUT2D eigenvalue weighted by molar-refractivity contribution is 0.177. The highest BCUT2D eigenvalue weighted by atomic mass is 16.3. The highest BCUT2D eigenvalue weighted by Crippen LogP contribution is 2.12. The van der Waals surface area contributed by atoms with E-state index in [2.05, 4.69) is 5.32 Å². The van der Waals surface area contributed by atoms with Crippen LogP contribution in [-0.4, -0.2) is 46.9 Å². The van der Waals surface area contributed by atoms with Gasteiger partial charge in [0.1, 0.15) is 5.75 Å². The molecule has 0 saturated carbocycles. The molecule has 1 atom stereocenters. The number of likely N-dealkylation sites (N-methyl/N-ethyl adjacent to an activating group) is 1. The number of benzene rings is 1. The molecule has 1 rings (SSSR count). The Labute approximate surface area is 120 Å². The number of carbonyl (C=O) groups is 1. The summed E-state index contributed by atoms with van der Waals surface area (Å²) in [5.74, 6) is 0.262. The smallest absolute Gasteiger partial charge is 0.317 e. The lowest BCUT2D eigenvalue weighted by Crippen LogP contribution is -2.45. The van der Waals surface area contributed by atoms with Crippen LogP contribution in [0, 0.1) is 0 Å². The number of nitrogens with one attached hydrogen (secondary N) is 1. The number of aliphatic hydroxyl groups is 1. The van der Waals surface area contributed by atoms with E-state index < -0.39 is 0 Å². The molecule has 1 unspecified atom stereocenters. The van der Waals surface area contributed by atoms with Crippen molar-refractivity contribution in [1.29, 1.82) is 0 Å². The van der Waals surface area contributed by atoms with Crippen LogP contribution < -0.4 is 5.32 Å². The molecule has 0 fully saturated rings. The van der Waals surface area contributed by atoms with Crippen LogP contribution in [-0.2, 0) is 6.42 Å². The van der Waals surface area contributed by atoms with E-state index in [0.29, 0.717) is 13.1 Å². The summed E-state index contributed by atoms with van der Waals surface area (Å²) < 4.78 is 0. The number of carbonyl (C=O) groups excluding carboxylic acids is 1. The molecule has 0 bridgehead atoms. The summed E-state index contributed by atoms with van der Waals surface area (Å²) in [7, 11) is 0. The number of aryl methyl sites for hydroxylation is 1. The zero-order valence-corrected chi connectivity index (χ0v) is 12.2. The van der Waals surface area contributed by atoms with E-state index in [-0.39, 0.29) is 24.4 Å². The van der Waals surface area contributed by atoms with Crippen LogP contribution in [0.1, 0.15) is 25.8 Å². The molecule has 0 aromatic heterocycles. The van der Waals surface area contributed by atoms with Gasteiger partial charge in [-0.2, -0.15) is 0 Å². The van der Waals surface area contributed by atoms with Crippen LogP contribution in [0.25, 0.3) is 0 Å². The first-order valence-electron chi connectivity index (χ1n) is 7.01. The van der Waals surface area contributed by atoms with Crippen molar-refractivity contribution in [3.05, 3.63) is 29.8 Å². The minimum Gasteiger partial charge on any atom is -0.508 e. The van der Waals surface area contributed by atoms with Gasteiger partial charge >= 0.3 is 6.03 Å². The molecular weight excluding hydrogens is 256 g/mol. The fourth-order valence-electron chi connectivity index (χ4n) is 1.94. The number of phenolic OH excluding ortho intramolecular Hbond substituents is 1. The van der Waals surface area contributed by atoms with Crippen LogP contribution >= 0.6 is 0 Å². The number of rotatable bonds is 7. The van der Waals surface area contributed by atoms with Crippen molar-refractivity contribution < 1.29 is 15.0 Å². The Morgan fingerprint density at radius 3 is 2.55 bits per heavy atom. The molecule has 1 aromatic rings. The maximum absolute atomic E-state index is 11.9. The molecule has 2 amide bonds. The number of amides is 2. The molecule has 20 heavy (non-hydrogen) atoms. The number of nitrogens with zero attached hydrogens (tertiary/aromatic N) is 1. The van der Waals surface area contributed by atoms with Crippen molar-refractivity contribution >= 4 is 6.03 Å². The molecule has 0 heterocycles. The Balaban J connectivity index is 2.37. The monoisotopic (exact) mass is 280 g/mol. The zero-order chi connectivity index (χ0) is 15.0. The van der Waals surface area contributed by atoms with Gasteiger partial charge in [-0.25, -0.2) is 4.79 Å². The predicted molar refractivity (Wildman–Crippen MR) is 78.8 cm³/mol. The Morgan fingerprint density at radius 2 is 2.00 bits per heavy atom. The van der Waals surface area contributed by atoms with Gasteiger partial charge in [-0.05, 0) is 44.4 Å². The van der Waals surface area contributed by atoms with E-state index in [0.717, 1.165) is 18.4 Å². The van der Waals surface area contributed by atoms with Gasteiger partial charge < -0.3 is 20.4 Å². The van der Waals surface area contributed by atoms with E-state index in [4.69, 9.17) is 5.11 Å². The third kappa shape index (κ3) is 5.48. The molecule has 0 spiro atoms. The summed E-state index contributed by atoms with van der Waals surface area (Å²) in [6.07, 6.45) is 1.67. The van der Waals surface area contributed by atoms with Crippen LogP contribution in [0.5, 0.6) is 5.75 Å². The number of hydrogen-bond acceptors (Lipinski definition) is 3. The second-order valence-electron chi connectivity index (χ2n) is 4.86. The molecule has 0 aliphatic heterocycles. The van der Waals surface area contributed by atoms with Gasteiger partial charge in [-0.15, -0.1) is 0 Å². The van der Waals surface area contributed by atoms with E-state index in [1.165, 1.54) is 0 Å². The van der Waals surface area contributed by atoms with Crippen LogP contribution in [0.2, 0.25) is 0 Å². The van der Waals surface area contributed by atoms with Crippen molar-refractivity contribution in [2.24, 2.45) is 0 Å². The number of urea groups is 1. The second-order valence-corrected chi connectivity index (χ2v) is 4.86. The van der Waals surface area contributed by atoms with Crippen molar-refractivity contribution in [1.82, 2.24) is 10.2 Å². The van der Waals surface area contributed by atoms with Crippen molar-refractivity contribution in [3.8, 4) is 5.75 Å². The largest absolute Gasteiger partial charge is 0.508 e. The second kappa shape index (κ2) is 8.43. The molecule has 0 radical (unpaired) electrons. The van der Waals surface area contributed by atoms with Crippen LogP contribution in [0.3, 0.4) is 0 Å². The molecule has 0 aliphatic rings. The Hall–Kier alpha value is -1.75. The normalized spacial score (nSPS) is 11.9. The summed E-state index contributed by atoms with van der Waals surface area (Å²) in [5, 5.41) is 21.0. The Bertz CT molecular complexity index is 406. The molecule has 0 saturated heterocycles. The highest BCUT2D eigenvalue weighted by molar-refractivity contribution is 5.74. The van der Waals surface area contributed by atoms with Crippen molar-refractivity contribution in [2.45, 2.75) is 32.7 Å². The van der Waals surface area contributed by atoms with Gasteiger partial charge in [0, 0.05) is 19.1 Å². The molecular formula is C15H24N2O3. The fourth-order valence-corrected chi connectivity index (χ4v) is 1.94. The zero-order valence-electron chi connectivity index (χ0n) is 12.2. The molecule has 112 valence electrons. The van der Waals surface area contributed by atoms with E-state index in [9.17, 15) is 9.90 Å². The topological polar surface area (TPSA) is 72.8 Å². The average molecular weight is 280 g/mol. The SMILES string of the molecule is CCN(CCO)C(=O)NC(C)CCc1ccc(O)cc1. The maximum atomic E-state index is 11.9. The van der Waals surface area contributed by atoms with Gasteiger partial charge in [0.25, 0.3) is 0 Å². The Morgan fingerprint density at radius 1 is 1.35 bits per heavy atom. The number of hydrogen-bond donors (Lipinski definition) is 3. The minimum absolute atomic E-state index is 0.0247. The van der Waals surface area contributed by atoms with Crippen LogP contribution in [0.15, 0.2) is 24.3 Å². The van der Waals surface area contributed by atoms with Gasteiger partial charge in [0.05, 0.1) is 6.61 Å². The molecule has 3 N–H and O–H groups in total. The number of aromatic hydroxyl groups is 1. The van der Waals surface area contributed by atoms with E-state index >= 15 is 0 Å². The van der Waals surface area contributed by atoms with Crippen molar-refractivity contribution in [3.63, 3.8) is 0 Å². The third-order valence-electron chi connectivity index (χ3n) is 3.21. The lowest BCUT2D eigenvalue weighted by Gasteiger charge is -2.23. The summed E-state index contributed by atoms with van der Waals surface area (Å²) in [6, 6.07) is 7.02. The van der Waals surface area contributed by atoms with Crippen LogP contribution in [0.4, 0.5) is 4.79 Å². The number of phenols is 1. The van der Waals surface area contributed by atoms with E-state index in [1.54, 1.807) is 17.0 Å². The Kier molecular flexibility index (Phi) is 6.87. The molecule has 1 aromatic carbocycles. The first kappa shape index (κ1) is 16.3. The quantitative estimate of drug-likeness (QED) is 0.712.